The van der Waals surface area contributed by atoms with Crippen molar-refractivity contribution in [3.8, 4) is 0 Å². The van der Waals surface area contributed by atoms with E-state index in [1.165, 1.54) is 11.0 Å². The predicted octanol–water partition coefficient (Wildman–Crippen LogP) is -0.907. The lowest BCUT2D eigenvalue weighted by atomic mass is 10.3. The lowest BCUT2D eigenvalue weighted by Crippen LogP contribution is -2.27. The van der Waals surface area contributed by atoms with Crippen molar-refractivity contribution in [2.75, 3.05) is 12.3 Å². The second kappa shape index (κ2) is 4.64. The number of nitrogens with one attached hydrogen (secondary N) is 2. The highest BCUT2D eigenvalue weighted by atomic mass is 16.1. The Morgan fingerprint density at radius 1 is 1.65 bits per heavy atom. The first-order valence-electron chi connectivity index (χ1n) is 5.08. The third-order valence-electron chi connectivity index (χ3n) is 2.18. The second-order valence-electron chi connectivity index (χ2n) is 3.54. The standard InChI is InChI=1S/C9H13N7O/c1-16-4-6(10)8(15-16)9(17)11-3-2-7-12-5-13-14-7/h4-5H,2-3,10H2,1H3,(H,11,17)(H,12,13,14). The Morgan fingerprint density at radius 2 is 2.47 bits per heavy atom. The summed E-state index contributed by atoms with van der Waals surface area (Å²) in [7, 11) is 1.71. The van der Waals surface area contributed by atoms with Gasteiger partial charge in [-0.1, -0.05) is 0 Å². The summed E-state index contributed by atoms with van der Waals surface area (Å²) in [6, 6.07) is 0. The summed E-state index contributed by atoms with van der Waals surface area (Å²) in [4.78, 5) is 15.6. The van der Waals surface area contributed by atoms with E-state index >= 15 is 0 Å². The molecule has 0 spiro atoms. The summed E-state index contributed by atoms with van der Waals surface area (Å²) in [5, 5.41) is 13.1. The van der Waals surface area contributed by atoms with Crippen LogP contribution in [0.1, 0.15) is 16.3 Å². The average Bonchev–Trinajstić information content (AvgIpc) is 2.88. The molecule has 0 aliphatic heterocycles. The van der Waals surface area contributed by atoms with Gasteiger partial charge in [-0.25, -0.2) is 4.98 Å². The van der Waals surface area contributed by atoms with Crippen molar-refractivity contribution >= 4 is 11.6 Å². The number of aromatic nitrogens is 5. The number of hydrogen-bond acceptors (Lipinski definition) is 5. The number of carbonyl (C=O) groups is 1. The largest absolute Gasteiger partial charge is 0.396 e. The van der Waals surface area contributed by atoms with Crippen molar-refractivity contribution in [3.05, 3.63) is 24.0 Å². The van der Waals surface area contributed by atoms with Crippen molar-refractivity contribution in [2.45, 2.75) is 6.42 Å². The van der Waals surface area contributed by atoms with E-state index in [0.717, 1.165) is 5.82 Å². The second-order valence-corrected chi connectivity index (χ2v) is 3.54. The van der Waals surface area contributed by atoms with Gasteiger partial charge in [0.25, 0.3) is 5.91 Å². The van der Waals surface area contributed by atoms with Crippen molar-refractivity contribution < 1.29 is 4.79 Å². The summed E-state index contributed by atoms with van der Waals surface area (Å²) >= 11 is 0. The van der Waals surface area contributed by atoms with Gasteiger partial charge in [0.1, 0.15) is 12.2 Å². The van der Waals surface area contributed by atoms with Crippen molar-refractivity contribution in [2.24, 2.45) is 7.05 Å². The zero-order chi connectivity index (χ0) is 12.3. The maximum Gasteiger partial charge on any atom is 0.273 e. The Morgan fingerprint density at radius 3 is 3.06 bits per heavy atom. The highest BCUT2D eigenvalue weighted by Gasteiger charge is 2.13. The first kappa shape index (κ1) is 11.1. The molecule has 2 aromatic heterocycles. The van der Waals surface area contributed by atoms with Gasteiger partial charge in [-0.3, -0.25) is 14.6 Å². The number of nitrogen functional groups attached to an aromatic ring is 1. The van der Waals surface area contributed by atoms with E-state index in [4.69, 9.17) is 5.73 Å². The van der Waals surface area contributed by atoms with Gasteiger partial charge < -0.3 is 11.1 Å². The molecule has 4 N–H and O–H groups in total. The highest BCUT2D eigenvalue weighted by Crippen LogP contribution is 2.07. The summed E-state index contributed by atoms with van der Waals surface area (Å²) in [6.07, 6.45) is 3.59. The number of H-pyrrole nitrogens is 1. The van der Waals surface area contributed by atoms with Crippen molar-refractivity contribution in [1.82, 2.24) is 30.3 Å². The number of rotatable bonds is 4. The van der Waals surface area contributed by atoms with E-state index in [9.17, 15) is 4.79 Å². The van der Waals surface area contributed by atoms with Crippen LogP contribution in [0.25, 0.3) is 0 Å². The van der Waals surface area contributed by atoms with Crippen LogP contribution in [0.2, 0.25) is 0 Å². The van der Waals surface area contributed by atoms with E-state index in [1.54, 1.807) is 13.2 Å². The highest BCUT2D eigenvalue weighted by molar-refractivity contribution is 5.96. The molecule has 0 atom stereocenters. The fourth-order valence-electron chi connectivity index (χ4n) is 1.41. The molecule has 2 rings (SSSR count). The maximum absolute atomic E-state index is 11.7. The molecule has 0 aliphatic carbocycles. The number of nitrogens with zero attached hydrogens (tertiary/aromatic N) is 4. The van der Waals surface area contributed by atoms with Crippen molar-refractivity contribution in [3.63, 3.8) is 0 Å². The molecule has 8 heteroatoms. The lowest BCUT2D eigenvalue weighted by molar-refractivity contribution is 0.0949. The van der Waals surface area contributed by atoms with Gasteiger partial charge in [-0.15, -0.1) is 0 Å². The molecular formula is C9H13N7O. The van der Waals surface area contributed by atoms with E-state index < -0.39 is 0 Å². The van der Waals surface area contributed by atoms with Gasteiger partial charge >= 0.3 is 0 Å². The third-order valence-corrected chi connectivity index (χ3v) is 2.18. The number of hydrogen-bond donors (Lipinski definition) is 3. The summed E-state index contributed by atoms with van der Waals surface area (Å²) in [5.74, 6) is 0.432. The molecule has 0 aromatic carbocycles. The van der Waals surface area contributed by atoms with Crippen molar-refractivity contribution in [1.29, 1.82) is 0 Å². The minimum atomic E-state index is -0.289. The quantitative estimate of drug-likeness (QED) is 0.635. The molecule has 0 unspecified atom stereocenters. The number of aromatic amines is 1. The Balaban J connectivity index is 1.87. The monoisotopic (exact) mass is 235 g/mol. The van der Waals surface area contributed by atoms with Gasteiger partial charge in [0.05, 0.1) is 5.69 Å². The van der Waals surface area contributed by atoms with E-state index in [0.29, 0.717) is 18.7 Å². The molecular weight excluding hydrogens is 222 g/mol. The van der Waals surface area contributed by atoms with Crippen LogP contribution < -0.4 is 11.1 Å². The SMILES string of the molecule is Cn1cc(N)c(C(=O)NCCc2ncn[nH]2)n1. The van der Waals surface area contributed by atoms with E-state index in [-0.39, 0.29) is 11.6 Å². The first-order valence-corrected chi connectivity index (χ1v) is 5.08. The van der Waals surface area contributed by atoms with Crippen LogP contribution in [-0.2, 0) is 13.5 Å². The smallest absolute Gasteiger partial charge is 0.273 e. The molecule has 2 heterocycles. The van der Waals surface area contributed by atoms with Gasteiger partial charge in [-0.05, 0) is 0 Å². The fraction of sp³-hybridized carbons (Fsp3) is 0.333. The van der Waals surface area contributed by atoms with Crippen LogP contribution in [0.15, 0.2) is 12.5 Å². The van der Waals surface area contributed by atoms with Crippen LogP contribution >= 0.6 is 0 Å². The molecule has 2 aromatic rings. The summed E-state index contributed by atoms with van der Waals surface area (Å²) in [6.45, 7) is 0.448. The molecule has 0 saturated heterocycles. The minimum Gasteiger partial charge on any atom is -0.396 e. The molecule has 17 heavy (non-hydrogen) atoms. The number of anilines is 1. The summed E-state index contributed by atoms with van der Waals surface area (Å²) < 4.78 is 1.50. The number of aryl methyl sites for hydroxylation is 1. The van der Waals surface area contributed by atoms with Gasteiger partial charge in [0.15, 0.2) is 5.69 Å². The van der Waals surface area contributed by atoms with Gasteiger partial charge in [-0.2, -0.15) is 10.2 Å². The Kier molecular flexibility index (Phi) is 3.03. The molecule has 0 saturated carbocycles. The lowest BCUT2D eigenvalue weighted by Gasteiger charge is -2.01. The number of carbonyl (C=O) groups excluding carboxylic acids is 1. The number of nitrogens with two attached hydrogens (primary N) is 1. The van der Waals surface area contributed by atoms with Crippen LogP contribution in [0.4, 0.5) is 5.69 Å². The molecule has 90 valence electrons. The van der Waals surface area contributed by atoms with Crippen LogP contribution in [0.3, 0.4) is 0 Å². The van der Waals surface area contributed by atoms with Crippen LogP contribution in [0, 0.1) is 0 Å². The molecule has 0 aliphatic rings. The maximum atomic E-state index is 11.7. The van der Waals surface area contributed by atoms with Gasteiger partial charge in [0, 0.05) is 26.2 Å². The van der Waals surface area contributed by atoms with E-state index in [2.05, 4.69) is 25.6 Å². The minimum absolute atomic E-state index is 0.241. The molecule has 0 bridgehead atoms. The normalized spacial score (nSPS) is 10.4. The topological polar surface area (TPSA) is 115 Å². The van der Waals surface area contributed by atoms with E-state index in [1.807, 2.05) is 0 Å². The fourth-order valence-corrected chi connectivity index (χ4v) is 1.41. The molecule has 8 nitrogen and oxygen atoms in total. The third kappa shape index (κ3) is 2.60. The predicted molar refractivity (Wildman–Crippen MR) is 60.0 cm³/mol. The van der Waals surface area contributed by atoms with Crippen LogP contribution in [0.5, 0.6) is 0 Å². The Labute approximate surface area is 97.2 Å². The molecule has 0 radical (unpaired) electrons. The molecule has 1 amide bonds. The zero-order valence-electron chi connectivity index (χ0n) is 9.34. The Bertz CT molecular complexity index is 501. The van der Waals surface area contributed by atoms with Gasteiger partial charge in [0.2, 0.25) is 0 Å². The zero-order valence-corrected chi connectivity index (χ0v) is 9.34. The first-order chi connectivity index (χ1) is 8.16. The molecule has 0 fully saturated rings. The average molecular weight is 235 g/mol. The Hall–Kier alpha value is -2.38. The number of amides is 1. The summed E-state index contributed by atoms with van der Waals surface area (Å²) in [5.41, 5.74) is 6.24. The van der Waals surface area contributed by atoms with Crippen LogP contribution in [-0.4, -0.2) is 37.4 Å².